The monoisotopic (exact) mass is 567 g/mol. The highest BCUT2D eigenvalue weighted by Gasteiger charge is 2.35. The van der Waals surface area contributed by atoms with Crippen molar-refractivity contribution in [1.29, 1.82) is 0 Å². The molecule has 40 heavy (non-hydrogen) atoms. The van der Waals surface area contributed by atoms with Gasteiger partial charge in [0.1, 0.15) is 11.4 Å². The average Bonchev–Trinajstić information content (AvgIpc) is 3.75. The van der Waals surface area contributed by atoms with Crippen molar-refractivity contribution >= 4 is 41.4 Å². The molecule has 1 saturated heterocycles. The average molecular weight is 568 g/mol. The molecule has 2 amide bonds. The number of halogens is 1. The van der Waals surface area contributed by atoms with E-state index in [0.717, 1.165) is 54.6 Å². The maximum atomic E-state index is 12.9. The summed E-state index contributed by atoms with van der Waals surface area (Å²) < 4.78 is 5.61. The second-order valence-electron chi connectivity index (χ2n) is 11.6. The molecule has 1 aliphatic heterocycles. The summed E-state index contributed by atoms with van der Waals surface area (Å²) in [6, 6.07) is 8.04. The van der Waals surface area contributed by atoms with Gasteiger partial charge in [-0.15, -0.1) is 0 Å². The fraction of sp³-hybridized carbons (Fsp3) is 0.548. The van der Waals surface area contributed by atoms with Crippen LogP contribution in [0.3, 0.4) is 0 Å². The number of ether oxygens (including phenoxy) is 1. The summed E-state index contributed by atoms with van der Waals surface area (Å²) in [5.74, 6) is 1.54. The summed E-state index contributed by atoms with van der Waals surface area (Å²) in [6.07, 6.45) is 4.19. The molecule has 1 unspecified atom stereocenters. The third-order valence-electron chi connectivity index (χ3n) is 7.49. The predicted octanol–water partition coefficient (Wildman–Crippen LogP) is 6.35. The van der Waals surface area contributed by atoms with Gasteiger partial charge >= 0.3 is 6.09 Å². The largest absolute Gasteiger partial charge is 0.444 e. The van der Waals surface area contributed by atoms with E-state index in [1.165, 1.54) is 0 Å². The van der Waals surface area contributed by atoms with Gasteiger partial charge in [0, 0.05) is 38.6 Å². The van der Waals surface area contributed by atoms with Gasteiger partial charge in [-0.2, -0.15) is 0 Å². The Kier molecular flexibility index (Phi) is 9.08. The first-order valence-corrected chi connectivity index (χ1v) is 14.7. The second kappa shape index (κ2) is 12.2. The normalized spacial score (nSPS) is 18.1. The molecule has 1 aromatic carbocycles. The molecule has 2 heterocycles. The molecule has 216 valence electrons. The van der Waals surface area contributed by atoms with Crippen LogP contribution in [0.1, 0.15) is 82.7 Å². The number of nitrogens with zero attached hydrogens (tertiary/aromatic N) is 5. The van der Waals surface area contributed by atoms with E-state index in [1.807, 2.05) is 32.9 Å². The summed E-state index contributed by atoms with van der Waals surface area (Å²) in [5.41, 5.74) is 4.01. The van der Waals surface area contributed by atoms with E-state index in [4.69, 9.17) is 26.3 Å². The van der Waals surface area contributed by atoms with Crippen LogP contribution in [0.2, 0.25) is 5.02 Å². The van der Waals surface area contributed by atoms with E-state index in [2.05, 4.69) is 37.8 Å². The SMILES string of the molecule is CCc1cccc(CC)c1N(C=O)c1nc(C2CC2)c(Cl)cc1C(=NC)N1CCN(C(=O)OC(C)(C)C)CC1C. The number of benzene rings is 1. The maximum Gasteiger partial charge on any atom is 0.410 e. The number of para-hydroxylation sites is 1. The number of hydrogen-bond acceptors (Lipinski definition) is 5. The van der Waals surface area contributed by atoms with Crippen LogP contribution in [-0.4, -0.2) is 71.4 Å². The fourth-order valence-electron chi connectivity index (χ4n) is 5.39. The van der Waals surface area contributed by atoms with Crippen molar-refractivity contribution in [2.75, 3.05) is 31.6 Å². The zero-order chi connectivity index (χ0) is 29.2. The molecular formula is C31H42ClN5O3. The highest BCUT2D eigenvalue weighted by molar-refractivity contribution is 6.32. The molecule has 0 N–H and O–H groups in total. The Morgan fingerprint density at radius 2 is 1.85 bits per heavy atom. The molecular weight excluding hydrogens is 526 g/mol. The van der Waals surface area contributed by atoms with Crippen molar-refractivity contribution in [3.8, 4) is 0 Å². The zero-order valence-electron chi connectivity index (χ0n) is 24.8. The minimum absolute atomic E-state index is 0.0477. The molecule has 1 aliphatic carbocycles. The van der Waals surface area contributed by atoms with Crippen LogP contribution in [0.25, 0.3) is 0 Å². The van der Waals surface area contributed by atoms with Crippen LogP contribution in [0.4, 0.5) is 16.3 Å². The number of aliphatic imine (C=N–C) groups is 1. The first kappa shape index (κ1) is 29.8. The van der Waals surface area contributed by atoms with E-state index < -0.39 is 5.60 Å². The number of amidine groups is 1. The van der Waals surface area contributed by atoms with Gasteiger partial charge in [-0.05, 0) is 70.6 Å². The number of amides is 2. The Labute approximate surface area is 243 Å². The Balaban J connectivity index is 1.77. The Morgan fingerprint density at radius 3 is 2.35 bits per heavy atom. The van der Waals surface area contributed by atoms with Gasteiger partial charge in [0.05, 0.1) is 22.0 Å². The van der Waals surface area contributed by atoms with Crippen LogP contribution in [0.5, 0.6) is 0 Å². The summed E-state index contributed by atoms with van der Waals surface area (Å²) in [5, 5.41) is 0.591. The standard InChI is InChI=1S/C31H42ClN5O3/c1-8-21-11-10-12-22(9-2)27(21)37(19-38)29-24(17-25(32)26(34-29)23-13-14-23)28(33-7)36-16-15-35(18-20(36)3)30(39)40-31(4,5)6/h10-12,17,19-20,23H,8-9,13-16,18H2,1-7H3. The lowest BCUT2D eigenvalue weighted by Gasteiger charge is -2.42. The van der Waals surface area contributed by atoms with Crippen molar-refractivity contribution in [3.05, 3.63) is 51.7 Å². The van der Waals surface area contributed by atoms with Gasteiger partial charge in [-0.25, -0.2) is 9.78 Å². The van der Waals surface area contributed by atoms with E-state index in [-0.39, 0.29) is 12.1 Å². The minimum atomic E-state index is -0.557. The van der Waals surface area contributed by atoms with Crippen molar-refractivity contribution in [1.82, 2.24) is 14.8 Å². The third kappa shape index (κ3) is 6.27. The van der Waals surface area contributed by atoms with Crippen molar-refractivity contribution in [2.45, 2.75) is 84.8 Å². The first-order chi connectivity index (χ1) is 19.0. The van der Waals surface area contributed by atoms with Gasteiger partial charge in [-0.3, -0.25) is 14.7 Å². The van der Waals surface area contributed by atoms with Gasteiger partial charge in [0.25, 0.3) is 0 Å². The molecule has 8 nitrogen and oxygen atoms in total. The van der Waals surface area contributed by atoms with Crippen molar-refractivity contribution in [2.24, 2.45) is 4.99 Å². The Morgan fingerprint density at radius 1 is 1.20 bits per heavy atom. The van der Waals surface area contributed by atoms with E-state index >= 15 is 0 Å². The van der Waals surface area contributed by atoms with Crippen LogP contribution < -0.4 is 4.90 Å². The summed E-state index contributed by atoms with van der Waals surface area (Å²) in [7, 11) is 1.75. The number of anilines is 2. The number of hydrogen-bond donors (Lipinski definition) is 0. The molecule has 2 aliphatic rings. The molecule has 0 radical (unpaired) electrons. The summed E-state index contributed by atoms with van der Waals surface area (Å²) >= 11 is 6.84. The molecule has 1 atom stereocenters. The second-order valence-corrected chi connectivity index (χ2v) is 12.0. The van der Waals surface area contributed by atoms with Gasteiger partial charge in [0.15, 0.2) is 5.82 Å². The summed E-state index contributed by atoms with van der Waals surface area (Å²) in [6.45, 7) is 13.4. The zero-order valence-corrected chi connectivity index (χ0v) is 25.6. The highest BCUT2D eigenvalue weighted by atomic mass is 35.5. The lowest BCUT2D eigenvalue weighted by atomic mass is 10.0. The third-order valence-corrected chi connectivity index (χ3v) is 7.79. The quantitative estimate of drug-likeness (QED) is 0.221. The molecule has 2 fully saturated rings. The lowest BCUT2D eigenvalue weighted by molar-refractivity contribution is -0.106. The maximum absolute atomic E-state index is 12.9. The number of aryl methyl sites for hydroxylation is 2. The molecule has 0 spiro atoms. The summed E-state index contributed by atoms with van der Waals surface area (Å²) in [4.78, 5) is 41.1. The molecule has 1 aromatic heterocycles. The van der Waals surface area contributed by atoms with Crippen LogP contribution in [0, 0.1) is 0 Å². The topological polar surface area (TPSA) is 78.3 Å². The van der Waals surface area contributed by atoms with Crippen LogP contribution in [-0.2, 0) is 22.4 Å². The number of piperazine rings is 1. The fourth-order valence-corrected chi connectivity index (χ4v) is 5.69. The van der Waals surface area contributed by atoms with E-state index in [9.17, 15) is 9.59 Å². The molecule has 4 rings (SSSR count). The number of carbonyl (C=O) groups excluding carboxylic acids is 2. The smallest absolute Gasteiger partial charge is 0.410 e. The van der Waals surface area contributed by atoms with Crippen molar-refractivity contribution < 1.29 is 14.3 Å². The molecule has 1 saturated carbocycles. The Hall–Kier alpha value is -3.13. The first-order valence-electron chi connectivity index (χ1n) is 14.3. The number of pyridine rings is 1. The number of rotatable bonds is 7. The van der Waals surface area contributed by atoms with E-state index in [0.29, 0.717) is 47.8 Å². The van der Waals surface area contributed by atoms with E-state index in [1.54, 1.807) is 16.8 Å². The molecule has 9 heteroatoms. The van der Waals surface area contributed by atoms with Crippen molar-refractivity contribution in [3.63, 3.8) is 0 Å². The van der Waals surface area contributed by atoms with Gasteiger partial charge in [0.2, 0.25) is 6.41 Å². The number of carbonyl (C=O) groups is 2. The molecule has 0 bridgehead atoms. The predicted molar refractivity (Wildman–Crippen MR) is 161 cm³/mol. The van der Waals surface area contributed by atoms with Gasteiger partial charge < -0.3 is 14.5 Å². The highest BCUT2D eigenvalue weighted by Crippen LogP contribution is 2.45. The van der Waals surface area contributed by atoms with Crippen LogP contribution >= 0.6 is 11.6 Å². The Bertz CT molecular complexity index is 1260. The minimum Gasteiger partial charge on any atom is -0.444 e. The molecule has 2 aromatic rings. The van der Waals surface area contributed by atoms with Gasteiger partial charge in [-0.1, -0.05) is 43.6 Å². The lowest BCUT2D eigenvalue weighted by Crippen LogP contribution is -2.56. The van der Waals surface area contributed by atoms with Crippen LogP contribution in [0.15, 0.2) is 29.3 Å². The number of aromatic nitrogens is 1.